The van der Waals surface area contributed by atoms with E-state index in [9.17, 15) is 13.5 Å². The van der Waals surface area contributed by atoms with Gasteiger partial charge in [0.25, 0.3) is 0 Å². The largest absolute Gasteiger partial charge is 0.493 e. The number of ether oxygens (including phenoxy) is 1. The van der Waals surface area contributed by atoms with Crippen molar-refractivity contribution in [3.63, 3.8) is 0 Å². The van der Waals surface area contributed by atoms with Crippen molar-refractivity contribution in [3.8, 4) is 5.75 Å². The smallest absolute Gasteiger partial charge is 0.240 e. The van der Waals surface area contributed by atoms with Gasteiger partial charge < -0.3 is 14.3 Å². The Labute approximate surface area is 155 Å². The quantitative estimate of drug-likeness (QED) is 0.674. The highest BCUT2D eigenvalue weighted by molar-refractivity contribution is 7.89. The second-order valence-corrected chi connectivity index (χ2v) is 8.72. The van der Waals surface area contributed by atoms with Crippen LogP contribution in [0.2, 0.25) is 0 Å². The van der Waals surface area contributed by atoms with Crippen LogP contribution >= 0.6 is 11.3 Å². The average molecular weight is 391 g/mol. The molecule has 136 valence electrons. The van der Waals surface area contributed by atoms with E-state index < -0.39 is 15.6 Å². The zero-order chi connectivity index (χ0) is 18.2. The molecule has 3 heterocycles. The average Bonchev–Trinajstić information content (AvgIpc) is 3.41. The maximum Gasteiger partial charge on any atom is 0.240 e. The van der Waals surface area contributed by atoms with E-state index in [2.05, 4.69) is 4.72 Å². The molecule has 1 aliphatic rings. The highest BCUT2D eigenvalue weighted by atomic mass is 32.2. The van der Waals surface area contributed by atoms with Gasteiger partial charge in [-0.05, 0) is 47.3 Å². The van der Waals surface area contributed by atoms with E-state index >= 15 is 0 Å². The predicted molar refractivity (Wildman–Crippen MR) is 96.9 cm³/mol. The third-order valence-electron chi connectivity index (χ3n) is 4.35. The Hall–Kier alpha value is -2.13. The van der Waals surface area contributed by atoms with E-state index in [0.29, 0.717) is 17.9 Å². The minimum Gasteiger partial charge on any atom is -0.493 e. The molecule has 6 nitrogen and oxygen atoms in total. The van der Waals surface area contributed by atoms with Gasteiger partial charge in [-0.25, -0.2) is 13.1 Å². The molecule has 3 aromatic rings. The van der Waals surface area contributed by atoms with Crippen molar-refractivity contribution in [1.29, 1.82) is 0 Å². The summed E-state index contributed by atoms with van der Waals surface area (Å²) in [4.78, 5) is 0.743. The second-order valence-electron chi connectivity index (χ2n) is 6.01. The molecule has 0 fully saturated rings. The molecule has 0 radical (unpaired) electrons. The van der Waals surface area contributed by atoms with E-state index in [1.807, 2.05) is 5.38 Å². The number of benzene rings is 1. The van der Waals surface area contributed by atoms with Crippen LogP contribution in [0.25, 0.3) is 0 Å². The second kappa shape index (κ2) is 6.55. The Morgan fingerprint density at radius 3 is 2.85 bits per heavy atom. The van der Waals surface area contributed by atoms with Gasteiger partial charge in [-0.2, -0.15) is 0 Å². The lowest BCUT2D eigenvalue weighted by Gasteiger charge is -2.25. The van der Waals surface area contributed by atoms with E-state index in [0.717, 1.165) is 11.3 Å². The van der Waals surface area contributed by atoms with E-state index in [1.54, 1.807) is 36.4 Å². The van der Waals surface area contributed by atoms with Gasteiger partial charge in [-0.3, -0.25) is 0 Å². The van der Waals surface area contributed by atoms with Gasteiger partial charge in [-0.15, -0.1) is 11.3 Å². The fraction of sp³-hybridized carbons (Fsp3) is 0.222. The summed E-state index contributed by atoms with van der Waals surface area (Å²) in [6.45, 7) is 0.319. The van der Waals surface area contributed by atoms with Crippen LogP contribution in [0.4, 0.5) is 0 Å². The molecule has 1 aliphatic heterocycles. The van der Waals surface area contributed by atoms with Gasteiger partial charge in [-0.1, -0.05) is 6.07 Å². The van der Waals surface area contributed by atoms with Crippen molar-refractivity contribution in [2.45, 2.75) is 16.9 Å². The lowest BCUT2D eigenvalue weighted by Crippen LogP contribution is -2.40. The molecule has 0 saturated heterocycles. The summed E-state index contributed by atoms with van der Waals surface area (Å²) in [5, 5.41) is 13.0. The van der Waals surface area contributed by atoms with Gasteiger partial charge in [0.05, 0.1) is 24.3 Å². The summed E-state index contributed by atoms with van der Waals surface area (Å²) < 4.78 is 38.7. The minimum atomic E-state index is -3.80. The lowest BCUT2D eigenvalue weighted by atomic mass is 9.99. The highest BCUT2D eigenvalue weighted by Gasteiger charge is 2.37. The molecule has 1 aromatic carbocycles. The summed E-state index contributed by atoms with van der Waals surface area (Å²) in [7, 11) is -3.80. The van der Waals surface area contributed by atoms with Crippen LogP contribution in [-0.4, -0.2) is 26.7 Å². The Morgan fingerprint density at radius 1 is 1.23 bits per heavy atom. The lowest BCUT2D eigenvalue weighted by molar-refractivity contribution is 0.0655. The Kier molecular flexibility index (Phi) is 4.36. The number of hydrogen-bond donors (Lipinski definition) is 2. The summed E-state index contributed by atoms with van der Waals surface area (Å²) in [5.41, 5.74) is -0.711. The molecular formula is C18H17NO5S2. The van der Waals surface area contributed by atoms with Crippen molar-refractivity contribution in [1.82, 2.24) is 4.72 Å². The van der Waals surface area contributed by atoms with Crippen molar-refractivity contribution in [3.05, 3.63) is 70.3 Å². The summed E-state index contributed by atoms with van der Waals surface area (Å²) in [6.07, 6.45) is 2.13. The normalized spacial score (nSPS) is 16.0. The first-order chi connectivity index (χ1) is 12.5. The number of fused-ring (bicyclic) bond motifs is 1. The molecule has 8 heteroatoms. The molecule has 0 unspecified atom stereocenters. The van der Waals surface area contributed by atoms with Crippen molar-refractivity contribution in [2.75, 3.05) is 13.2 Å². The first-order valence-corrected chi connectivity index (χ1v) is 10.4. The number of sulfonamides is 1. The van der Waals surface area contributed by atoms with Gasteiger partial charge in [0, 0.05) is 11.3 Å². The molecule has 0 aliphatic carbocycles. The van der Waals surface area contributed by atoms with Crippen LogP contribution in [0, 0.1) is 0 Å². The monoisotopic (exact) mass is 391 g/mol. The molecule has 26 heavy (non-hydrogen) atoms. The number of aliphatic hydroxyl groups is 1. The maximum atomic E-state index is 12.7. The third kappa shape index (κ3) is 3.05. The number of thiophene rings is 1. The summed E-state index contributed by atoms with van der Waals surface area (Å²) in [5.74, 6) is 1.000. The number of hydrogen-bond acceptors (Lipinski definition) is 6. The maximum absolute atomic E-state index is 12.7. The number of furan rings is 1. The number of nitrogens with one attached hydrogen (secondary N) is 1. The topological polar surface area (TPSA) is 88.8 Å². The first kappa shape index (κ1) is 17.3. The standard InChI is InChI=1S/C18H17NO5S2/c20-18(16-3-1-8-24-16,17-4-2-10-25-17)12-19-26(21,22)14-5-6-15-13(11-14)7-9-23-15/h1-6,8,10-11,19-20H,7,9,12H2/t18-/m0/s1. The zero-order valence-corrected chi connectivity index (χ0v) is 15.3. The Bertz CT molecular complexity index is 960. The molecule has 0 bridgehead atoms. The van der Waals surface area contributed by atoms with Gasteiger partial charge in [0.2, 0.25) is 10.0 Å². The summed E-state index contributed by atoms with van der Waals surface area (Å²) >= 11 is 1.33. The fourth-order valence-corrected chi connectivity index (χ4v) is 4.88. The van der Waals surface area contributed by atoms with E-state index in [4.69, 9.17) is 9.15 Å². The minimum absolute atomic E-state index is 0.148. The van der Waals surface area contributed by atoms with Crippen molar-refractivity contribution in [2.24, 2.45) is 0 Å². The van der Waals surface area contributed by atoms with Gasteiger partial charge in [0.1, 0.15) is 11.5 Å². The van der Waals surface area contributed by atoms with Gasteiger partial charge in [0.15, 0.2) is 5.60 Å². The molecule has 2 aromatic heterocycles. The van der Waals surface area contributed by atoms with Crippen LogP contribution in [0.1, 0.15) is 16.2 Å². The van der Waals surface area contributed by atoms with E-state index in [1.165, 1.54) is 23.7 Å². The van der Waals surface area contributed by atoms with Crippen LogP contribution in [-0.2, 0) is 22.0 Å². The molecule has 1 atom stereocenters. The first-order valence-electron chi connectivity index (χ1n) is 8.05. The van der Waals surface area contributed by atoms with E-state index in [-0.39, 0.29) is 17.2 Å². The predicted octanol–water partition coefficient (Wildman–Crippen LogP) is 2.49. The molecule has 0 amide bonds. The molecular weight excluding hydrogens is 374 g/mol. The van der Waals surface area contributed by atoms with Crippen molar-refractivity contribution >= 4 is 21.4 Å². The Balaban J connectivity index is 1.61. The highest BCUT2D eigenvalue weighted by Crippen LogP contribution is 2.33. The van der Waals surface area contributed by atoms with Crippen LogP contribution in [0.3, 0.4) is 0 Å². The van der Waals surface area contributed by atoms with Crippen molar-refractivity contribution < 1.29 is 22.7 Å². The Morgan fingerprint density at radius 2 is 2.12 bits per heavy atom. The molecule has 0 saturated carbocycles. The molecule has 0 spiro atoms. The molecule has 2 N–H and O–H groups in total. The van der Waals surface area contributed by atoms with Crippen LogP contribution in [0.5, 0.6) is 5.75 Å². The fourth-order valence-electron chi connectivity index (χ4n) is 2.94. The van der Waals surface area contributed by atoms with Gasteiger partial charge >= 0.3 is 0 Å². The zero-order valence-electron chi connectivity index (χ0n) is 13.7. The third-order valence-corrected chi connectivity index (χ3v) is 6.77. The molecule has 4 rings (SSSR count). The summed E-state index contributed by atoms with van der Waals surface area (Å²) in [6, 6.07) is 11.6. The van der Waals surface area contributed by atoms with Crippen LogP contribution < -0.4 is 9.46 Å². The SMILES string of the molecule is O=S(=O)(NC[C@](O)(c1ccco1)c1cccs1)c1ccc2c(c1)CCO2. The van der Waals surface area contributed by atoms with Crippen LogP contribution in [0.15, 0.2) is 63.4 Å². The number of rotatable bonds is 6.